The molecule has 0 spiro atoms. The van der Waals surface area contributed by atoms with Crippen LogP contribution in [-0.2, 0) is 11.3 Å². The Hall–Kier alpha value is -1.57. The number of hydrogen-bond donors (Lipinski definition) is 0. The maximum Gasteiger partial charge on any atom is 0.106 e. The van der Waals surface area contributed by atoms with Crippen molar-refractivity contribution in [2.45, 2.75) is 13.3 Å². The first-order valence-electron chi connectivity index (χ1n) is 4.54. The standard InChI is InChI=1S/C12H15NO/c1-10(11(2)13-14-3)9-12-7-5-4-6-8-12/h4-8H,1,9H2,2-3H3/b13-11+. The third-order valence-corrected chi connectivity index (χ3v) is 2.00. The molecule has 1 aromatic rings. The molecule has 0 aliphatic carbocycles. The zero-order chi connectivity index (χ0) is 10.4. The van der Waals surface area contributed by atoms with Crippen LogP contribution in [0.5, 0.6) is 0 Å². The Morgan fingerprint density at radius 1 is 1.36 bits per heavy atom. The summed E-state index contributed by atoms with van der Waals surface area (Å²) in [4.78, 5) is 4.69. The molecule has 74 valence electrons. The normalized spacial score (nSPS) is 11.1. The molecule has 0 fully saturated rings. The first-order chi connectivity index (χ1) is 6.74. The molecule has 14 heavy (non-hydrogen) atoms. The molecule has 1 rings (SSSR count). The van der Waals surface area contributed by atoms with E-state index in [9.17, 15) is 0 Å². The maximum absolute atomic E-state index is 4.69. The third kappa shape index (κ3) is 3.05. The van der Waals surface area contributed by atoms with E-state index in [0.29, 0.717) is 0 Å². The van der Waals surface area contributed by atoms with Crippen LogP contribution in [-0.4, -0.2) is 12.8 Å². The predicted molar refractivity (Wildman–Crippen MR) is 59.4 cm³/mol. The second-order valence-electron chi connectivity index (χ2n) is 3.13. The minimum Gasteiger partial charge on any atom is -0.399 e. The average Bonchev–Trinajstić information content (AvgIpc) is 2.19. The highest BCUT2D eigenvalue weighted by Gasteiger charge is 2.00. The van der Waals surface area contributed by atoms with Crippen LogP contribution >= 0.6 is 0 Å². The van der Waals surface area contributed by atoms with Gasteiger partial charge in [0.2, 0.25) is 0 Å². The Bertz CT molecular complexity index is 327. The van der Waals surface area contributed by atoms with Crippen molar-refractivity contribution in [3.63, 3.8) is 0 Å². The summed E-state index contributed by atoms with van der Waals surface area (Å²) in [6.07, 6.45) is 0.819. The van der Waals surface area contributed by atoms with Crippen LogP contribution in [0.25, 0.3) is 0 Å². The topological polar surface area (TPSA) is 21.6 Å². The zero-order valence-electron chi connectivity index (χ0n) is 8.66. The first kappa shape index (κ1) is 10.5. The quantitative estimate of drug-likeness (QED) is 0.527. The van der Waals surface area contributed by atoms with Gasteiger partial charge in [0.1, 0.15) is 7.11 Å². The number of allylic oxidation sites excluding steroid dienone is 1. The van der Waals surface area contributed by atoms with Gasteiger partial charge in [-0.2, -0.15) is 0 Å². The van der Waals surface area contributed by atoms with Crippen LogP contribution in [0.2, 0.25) is 0 Å². The highest BCUT2D eigenvalue weighted by atomic mass is 16.6. The van der Waals surface area contributed by atoms with Crippen LogP contribution in [0.3, 0.4) is 0 Å². The predicted octanol–water partition coefficient (Wildman–Crippen LogP) is 2.81. The lowest BCUT2D eigenvalue weighted by molar-refractivity contribution is 0.213. The minimum absolute atomic E-state index is 0.819. The molecular weight excluding hydrogens is 174 g/mol. The summed E-state index contributed by atoms with van der Waals surface area (Å²) in [6, 6.07) is 10.2. The molecular formula is C12H15NO. The molecule has 0 aliphatic rings. The summed E-state index contributed by atoms with van der Waals surface area (Å²) in [6.45, 7) is 5.86. The van der Waals surface area contributed by atoms with Crippen molar-refractivity contribution in [1.82, 2.24) is 0 Å². The van der Waals surface area contributed by atoms with E-state index in [1.54, 1.807) is 7.11 Å². The number of nitrogens with zero attached hydrogens (tertiary/aromatic N) is 1. The van der Waals surface area contributed by atoms with Crippen LogP contribution in [0.15, 0.2) is 47.6 Å². The second-order valence-corrected chi connectivity index (χ2v) is 3.13. The summed E-state index contributed by atoms with van der Waals surface area (Å²) >= 11 is 0. The van der Waals surface area contributed by atoms with Crippen molar-refractivity contribution in [1.29, 1.82) is 0 Å². The van der Waals surface area contributed by atoms with Crippen LogP contribution in [0.1, 0.15) is 12.5 Å². The number of hydrogen-bond acceptors (Lipinski definition) is 2. The Morgan fingerprint density at radius 3 is 2.57 bits per heavy atom. The van der Waals surface area contributed by atoms with Gasteiger partial charge in [-0.25, -0.2) is 0 Å². The van der Waals surface area contributed by atoms with Gasteiger partial charge in [0.15, 0.2) is 0 Å². The van der Waals surface area contributed by atoms with Crippen LogP contribution in [0.4, 0.5) is 0 Å². The first-order valence-corrected chi connectivity index (χ1v) is 4.54. The van der Waals surface area contributed by atoms with Crippen molar-refractivity contribution >= 4 is 5.71 Å². The Balaban J connectivity index is 2.62. The van der Waals surface area contributed by atoms with Crippen molar-refractivity contribution in [2.24, 2.45) is 5.16 Å². The molecule has 2 nitrogen and oxygen atoms in total. The SMILES string of the molecule is C=C(Cc1ccccc1)/C(C)=N/OC. The molecule has 0 bridgehead atoms. The van der Waals surface area contributed by atoms with Gasteiger partial charge in [-0.05, 0) is 24.5 Å². The zero-order valence-corrected chi connectivity index (χ0v) is 8.66. The lowest BCUT2D eigenvalue weighted by Crippen LogP contribution is -2.00. The fourth-order valence-corrected chi connectivity index (χ4v) is 1.17. The maximum atomic E-state index is 4.69. The van der Waals surface area contributed by atoms with E-state index in [1.807, 2.05) is 25.1 Å². The minimum atomic E-state index is 0.819. The van der Waals surface area contributed by atoms with Gasteiger partial charge < -0.3 is 4.84 Å². The molecule has 0 aliphatic heterocycles. The Labute approximate surface area is 84.9 Å². The van der Waals surface area contributed by atoms with Crippen molar-refractivity contribution in [3.8, 4) is 0 Å². The molecule has 0 radical (unpaired) electrons. The number of benzene rings is 1. The summed E-state index contributed by atoms with van der Waals surface area (Å²) in [5, 5.41) is 3.84. The largest absolute Gasteiger partial charge is 0.399 e. The van der Waals surface area contributed by atoms with E-state index in [1.165, 1.54) is 5.56 Å². The monoisotopic (exact) mass is 189 g/mol. The summed E-state index contributed by atoms with van der Waals surface area (Å²) in [5.74, 6) is 0. The van der Waals surface area contributed by atoms with Gasteiger partial charge in [0, 0.05) is 0 Å². The fourth-order valence-electron chi connectivity index (χ4n) is 1.17. The fraction of sp³-hybridized carbons (Fsp3) is 0.250. The van der Waals surface area contributed by atoms with E-state index in [2.05, 4.69) is 28.7 Å². The van der Waals surface area contributed by atoms with Gasteiger partial charge in [-0.1, -0.05) is 42.1 Å². The molecule has 0 saturated carbocycles. The van der Waals surface area contributed by atoms with Gasteiger partial charge in [0.25, 0.3) is 0 Å². The van der Waals surface area contributed by atoms with E-state index in [4.69, 9.17) is 0 Å². The van der Waals surface area contributed by atoms with E-state index in [0.717, 1.165) is 17.7 Å². The van der Waals surface area contributed by atoms with Gasteiger partial charge in [-0.15, -0.1) is 0 Å². The van der Waals surface area contributed by atoms with Crippen LogP contribution in [0, 0.1) is 0 Å². The van der Waals surface area contributed by atoms with Gasteiger partial charge in [0.05, 0.1) is 5.71 Å². The lowest BCUT2D eigenvalue weighted by Gasteiger charge is -2.04. The average molecular weight is 189 g/mol. The van der Waals surface area contributed by atoms with Gasteiger partial charge >= 0.3 is 0 Å². The second kappa shape index (κ2) is 5.22. The van der Waals surface area contributed by atoms with Crippen molar-refractivity contribution < 1.29 is 4.84 Å². The van der Waals surface area contributed by atoms with E-state index in [-0.39, 0.29) is 0 Å². The van der Waals surface area contributed by atoms with Crippen molar-refractivity contribution in [2.75, 3.05) is 7.11 Å². The molecule has 0 N–H and O–H groups in total. The van der Waals surface area contributed by atoms with E-state index < -0.39 is 0 Å². The summed E-state index contributed by atoms with van der Waals surface area (Å²) < 4.78 is 0. The lowest BCUT2D eigenvalue weighted by atomic mass is 10.0. The molecule has 2 heteroatoms. The summed E-state index contributed by atoms with van der Waals surface area (Å²) in [7, 11) is 1.54. The highest BCUT2D eigenvalue weighted by Crippen LogP contribution is 2.07. The molecule has 0 atom stereocenters. The molecule has 1 aromatic carbocycles. The summed E-state index contributed by atoms with van der Waals surface area (Å²) in [5.41, 5.74) is 3.07. The Morgan fingerprint density at radius 2 is 2.00 bits per heavy atom. The molecule has 0 saturated heterocycles. The molecule has 0 unspecified atom stereocenters. The third-order valence-electron chi connectivity index (χ3n) is 2.00. The molecule has 0 amide bonds. The molecule has 0 heterocycles. The number of oxime groups is 1. The Kier molecular flexibility index (Phi) is 3.92. The smallest absolute Gasteiger partial charge is 0.106 e. The molecule has 0 aromatic heterocycles. The van der Waals surface area contributed by atoms with Crippen molar-refractivity contribution in [3.05, 3.63) is 48.0 Å². The number of rotatable bonds is 4. The van der Waals surface area contributed by atoms with Crippen LogP contribution < -0.4 is 0 Å². The van der Waals surface area contributed by atoms with E-state index >= 15 is 0 Å². The highest BCUT2D eigenvalue weighted by molar-refractivity contribution is 5.97. The van der Waals surface area contributed by atoms with Gasteiger partial charge in [-0.3, -0.25) is 0 Å².